The zero-order valence-electron chi connectivity index (χ0n) is 23.6. The maximum absolute atomic E-state index is 13.7. The van der Waals surface area contributed by atoms with Gasteiger partial charge >= 0.3 is 0 Å². The molecule has 1 aliphatic rings. The molecule has 1 fully saturated rings. The van der Waals surface area contributed by atoms with Crippen molar-refractivity contribution in [3.8, 4) is 10.4 Å². The maximum atomic E-state index is 13.7. The molecule has 2 heterocycles. The van der Waals surface area contributed by atoms with Gasteiger partial charge in [-0.15, -0.1) is 11.3 Å². The average molecular weight is 574 g/mol. The zero-order chi connectivity index (χ0) is 29.6. The second kappa shape index (κ2) is 13.3. The molecule has 218 valence electrons. The highest BCUT2D eigenvalue weighted by Gasteiger charge is 2.44. The Morgan fingerprint density at radius 2 is 1.80 bits per heavy atom. The average Bonchev–Trinajstić information content (AvgIpc) is 3.51. The van der Waals surface area contributed by atoms with Crippen molar-refractivity contribution in [3.05, 3.63) is 41.0 Å². The van der Waals surface area contributed by atoms with Crippen molar-refractivity contribution in [2.24, 2.45) is 5.41 Å². The van der Waals surface area contributed by atoms with Crippen LogP contribution < -0.4 is 16.0 Å². The summed E-state index contributed by atoms with van der Waals surface area (Å²) in [4.78, 5) is 57.5. The van der Waals surface area contributed by atoms with E-state index in [1.54, 1.807) is 37.6 Å². The van der Waals surface area contributed by atoms with Crippen molar-refractivity contribution in [2.45, 2.75) is 71.7 Å². The van der Waals surface area contributed by atoms with Gasteiger partial charge < -0.3 is 31.1 Å². The Kier molecular flexibility index (Phi) is 10.4. The Bertz CT molecular complexity index is 1210. The van der Waals surface area contributed by atoms with Crippen molar-refractivity contribution in [3.63, 3.8) is 0 Å². The molecule has 4 amide bonds. The van der Waals surface area contributed by atoms with Crippen molar-refractivity contribution >= 4 is 35.0 Å². The monoisotopic (exact) mass is 573 g/mol. The lowest BCUT2D eigenvalue weighted by Crippen LogP contribution is -2.58. The van der Waals surface area contributed by atoms with Crippen LogP contribution >= 0.6 is 11.3 Å². The van der Waals surface area contributed by atoms with E-state index in [0.29, 0.717) is 0 Å². The van der Waals surface area contributed by atoms with Gasteiger partial charge in [-0.3, -0.25) is 19.2 Å². The fourth-order valence-electron chi connectivity index (χ4n) is 4.62. The van der Waals surface area contributed by atoms with Crippen LogP contribution in [0.2, 0.25) is 0 Å². The second-order valence-corrected chi connectivity index (χ2v) is 12.0. The molecule has 1 aromatic heterocycles. The third kappa shape index (κ3) is 7.86. The highest BCUT2D eigenvalue weighted by molar-refractivity contribution is 7.13. The number of aliphatic hydroxyl groups is 2. The standard InChI is InChI=1S/C28H39N5O6S/c1-16(18-6-8-19(9-7-18)24-17(2)30-15-40-24)31-26(38)21-12-20(35)13-33(21)27(39)25(28(3,4)5)32-22(36)10-11-29-23(37)14-34/h6-9,15-16,20-21,25,34-35H,10-14H2,1-5H3,(H,29,37)(H,31,38)(H,32,36)/t16-,20+,21-,25+/m0/s1. The minimum atomic E-state index is -0.964. The molecule has 1 aliphatic heterocycles. The van der Waals surface area contributed by atoms with E-state index in [4.69, 9.17) is 5.11 Å². The van der Waals surface area contributed by atoms with Crippen LogP contribution in [0.5, 0.6) is 0 Å². The zero-order valence-corrected chi connectivity index (χ0v) is 24.4. The minimum absolute atomic E-state index is 0.00638. The molecule has 0 unspecified atom stereocenters. The lowest BCUT2D eigenvalue weighted by molar-refractivity contribution is -0.144. The van der Waals surface area contributed by atoms with Crippen molar-refractivity contribution < 1.29 is 29.4 Å². The van der Waals surface area contributed by atoms with E-state index >= 15 is 0 Å². The molecule has 5 N–H and O–H groups in total. The van der Waals surface area contributed by atoms with E-state index in [2.05, 4.69) is 20.9 Å². The van der Waals surface area contributed by atoms with Crippen LogP contribution in [-0.4, -0.2) is 81.6 Å². The van der Waals surface area contributed by atoms with Gasteiger partial charge in [-0.2, -0.15) is 0 Å². The summed E-state index contributed by atoms with van der Waals surface area (Å²) < 4.78 is 0. The summed E-state index contributed by atoms with van der Waals surface area (Å²) in [6, 6.07) is 5.66. The van der Waals surface area contributed by atoms with Gasteiger partial charge in [0.05, 0.1) is 28.2 Å². The molecule has 0 saturated carbocycles. The normalized spacial score (nSPS) is 18.6. The van der Waals surface area contributed by atoms with E-state index in [-0.39, 0.29) is 37.9 Å². The first kappa shape index (κ1) is 31.2. The Balaban J connectivity index is 1.67. The Morgan fingerprint density at radius 3 is 2.38 bits per heavy atom. The lowest BCUT2D eigenvalue weighted by atomic mass is 9.85. The number of rotatable bonds is 10. The number of aryl methyl sites for hydroxylation is 1. The van der Waals surface area contributed by atoms with Crippen LogP contribution in [0, 0.1) is 12.3 Å². The van der Waals surface area contributed by atoms with E-state index < -0.39 is 47.9 Å². The molecule has 0 radical (unpaired) electrons. The van der Waals surface area contributed by atoms with Gasteiger partial charge in [-0.05, 0) is 30.4 Å². The van der Waals surface area contributed by atoms with E-state index in [9.17, 15) is 24.3 Å². The molecule has 0 aliphatic carbocycles. The van der Waals surface area contributed by atoms with E-state index in [0.717, 1.165) is 21.7 Å². The largest absolute Gasteiger partial charge is 0.391 e. The molecule has 40 heavy (non-hydrogen) atoms. The number of aliphatic hydroxyl groups excluding tert-OH is 2. The number of carbonyl (C=O) groups is 4. The molecular formula is C28H39N5O6S. The number of amides is 4. The predicted octanol–water partition coefficient (Wildman–Crippen LogP) is 1.29. The number of hydrogen-bond donors (Lipinski definition) is 5. The van der Waals surface area contributed by atoms with Gasteiger partial charge in [0.2, 0.25) is 23.6 Å². The number of β-amino-alcohol motifs (C(OH)–C–C–N with tert-alkyl or cyclic N) is 1. The Morgan fingerprint density at radius 1 is 1.12 bits per heavy atom. The first-order valence-corrected chi connectivity index (χ1v) is 14.2. The Hall–Kier alpha value is -3.35. The Labute approximate surface area is 238 Å². The smallest absolute Gasteiger partial charge is 0.246 e. The summed E-state index contributed by atoms with van der Waals surface area (Å²) in [6.45, 7) is 8.51. The molecule has 0 spiro atoms. The van der Waals surface area contributed by atoms with Crippen LogP contribution in [-0.2, 0) is 19.2 Å². The predicted molar refractivity (Wildman–Crippen MR) is 151 cm³/mol. The third-order valence-corrected chi connectivity index (χ3v) is 7.86. The molecule has 12 heteroatoms. The molecule has 2 aromatic rings. The topological polar surface area (TPSA) is 161 Å². The van der Waals surface area contributed by atoms with Crippen LogP contribution in [0.1, 0.15) is 57.8 Å². The maximum Gasteiger partial charge on any atom is 0.246 e. The second-order valence-electron chi connectivity index (χ2n) is 11.1. The number of thiazole rings is 1. The molecule has 1 saturated heterocycles. The van der Waals surface area contributed by atoms with Crippen LogP contribution in [0.4, 0.5) is 0 Å². The van der Waals surface area contributed by atoms with Crippen LogP contribution in [0.3, 0.4) is 0 Å². The summed E-state index contributed by atoms with van der Waals surface area (Å²) in [5, 5.41) is 27.3. The summed E-state index contributed by atoms with van der Waals surface area (Å²) in [7, 11) is 0. The van der Waals surface area contributed by atoms with Gasteiger partial charge in [0.1, 0.15) is 18.7 Å². The fourth-order valence-corrected chi connectivity index (χ4v) is 5.43. The van der Waals surface area contributed by atoms with Gasteiger partial charge in [0.25, 0.3) is 0 Å². The van der Waals surface area contributed by atoms with Crippen LogP contribution in [0.25, 0.3) is 10.4 Å². The summed E-state index contributed by atoms with van der Waals surface area (Å²) in [5.41, 5.74) is 4.01. The van der Waals surface area contributed by atoms with Crippen molar-refractivity contribution in [1.29, 1.82) is 0 Å². The highest BCUT2D eigenvalue weighted by Crippen LogP contribution is 2.29. The van der Waals surface area contributed by atoms with Crippen molar-refractivity contribution in [1.82, 2.24) is 25.8 Å². The first-order valence-electron chi connectivity index (χ1n) is 13.3. The molecule has 1 aromatic carbocycles. The number of aromatic nitrogens is 1. The lowest BCUT2D eigenvalue weighted by Gasteiger charge is -2.35. The molecule has 3 rings (SSSR count). The quantitative estimate of drug-likeness (QED) is 0.286. The summed E-state index contributed by atoms with van der Waals surface area (Å²) in [5.74, 6) is -1.91. The number of nitrogens with one attached hydrogen (secondary N) is 3. The molecule has 0 bridgehead atoms. The number of carbonyl (C=O) groups excluding carboxylic acids is 4. The highest BCUT2D eigenvalue weighted by atomic mass is 32.1. The molecule has 11 nitrogen and oxygen atoms in total. The van der Waals surface area contributed by atoms with E-state index in [1.807, 2.05) is 38.1 Å². The summed E-state index contributed by atoms with van der Waals surface area (Å²) in [6.07, 6.45) is -0.870. The van der Waals surface area contributed by atoms with Gasteiger partial charge in [-0.1, -0.05) is 45.0 Å². The van der Waals surface area contributed by atoms with Gasteiger partial charge in [-0.25, -0.2) is 4.98 Å². The van der Waals surface area contributed by atoms with E-state index in [1.165, 1.54) is 4.90 Å². The number of likely N-dealkylation sites (tertiary alicyclic amines) is 1. The first-order chi connectivity index (χ1) is 18.8. The van der Waals surface area contributed by atoms with Crippen molar-refractivity contribution in [2.75, 3.05) is 19.7 Å². The number of benzene rings is 1. The minimum Gasteiger partial charge on any atom is -0.391 e. The van der Waals surface area contributed by atoms with Gasteiger partial charge in [0.15, 0.2) is 0 Å². The number of nitrogens with zero attached hydrogens (tertiary/aromatic N) is 2. The third-order valence-electron chi connectivity index (χ3n) is 6.88. The van der Waals surface area contributed by atoms with Gasteiger partial charge in [0, 0.05) is 25.9 Å². The number of hydrogen-bond acceptors (Lipinski definition) is 8. The van der Waals surface area contributed by atoms with Crippen LogP contribution in [0.15, 0.2) is 29.8 Å². The SMILES string of the molecule is Cc1ncsc1-c1ccc([C@H](C)NC(=O)[C@@H]2C[C@@H](O)CN2C(=O)[C@@H](NC(=O)CCNC(=O)CO)C(C)(C)C)cc1. The fraction of sp³-hybridized carbons (Fsp3) is 0.536. The summed E-state index contributed by atoms with van der Waals surface area (Å²) >= 11 is 1.57. The molecule has 4 atom stereocenters. The molecular weight excluding hydrogens is 534 g/mol.